The summed E-state index contributed by atoms with van der Waals surface area (Å²) in [4.78, 5) is 15.7. The van der Waals surface area contributed by atoms with Gasteiger partial charge >= 0.3 is 0 Å². The molecule has 0 aliphatic heterocycles. The van der Waals surface area contributed by atoms with Crippen LogP contribution in [0.2, 0.25) is 5.02 Å². The van der Waals surface area contributed by atoms with Crippen molar-refractivity contribution in [1.82, 2.24) is 0 Å². The number of nitro benzene ring substituents is 1. The third kappa shape index (κ3) is 5.69. The lowest BCUT2D eigenvalue weighted by molar-refractivity contribution is -0.384. The number of hydrogen-bond acceptors (Lipinski definition) is 5. The van der Waals surface area contributed by atoms with E-state index in [1.165, 1.54) is 18.3 Å². The van der Waals surface area contributed by atoms with Crippen molar-refractivity contribution >= 4 is 50.2 Å². The van der Waals surface area contributed by atoms with E-state index in [4.69, 9.17) is 21.2 Å². The summed E-state index contributed by atoms with van der Waals surface area (Å²) in [5.74, 6) is 0.541. The third-order valence-corrected chi connectivity index (χ3v) is 5.77. The molecule has 4 rings (SSSR count). The first kappa shape index (κ1) is 22.8. The number of benzene rings is 4. The standard InChI is InChI=1S/C25H18BrClN2O4/c26-23-12-18(14-28-33-15-17-5-3-9-21(11-17)29(30)31)13-24(27)25(23)32-16-20-8-4-7-19-6-1-2-10-22(19)20/h1-14H,15-16H2/b28-14-. The van der Waals surface area contributed by atoms with Gasteiger partial charge < -0.3 is 9.57 Å². The second-order valence-electron chi connectivity index (χ2n) is 7.18. The first-order valence-electron chi connectivity index (χ1n) is 9.98. The highest BCUT2D eigenvalue weighted by Crippen LogP contribution is 2.35. The summed E-state index contributed by atoms with van der Waals surface area (Å²) in [7, 11) is 0. The smallest absolute Gasteiger partial charge is 0.269 e. The molecule has 0 aliphatic rings. The van der Waals surface area contributed by atoms with Crippen LogP contribution in [0.15, 0.2) is 88.5 Å². The Labute approximate surface area is 203 Å². The van der Waals surface area contributed by atoms with Crippen molar-refractivity contribution in [3.63, 3.8) is 0 Å². The van der Waals surface area contributed by atoms with E-state index in [0.29, 0.717) is 33.0 Å². The van der Waals surface area contributed by atoms with Crippen LogP contribution in [-0.2, 0) is 18.1 Å². The van der Waals surface area contributed by atoms with Gasteiger partial charge in [-0.25, -0.2) is 0 Å². The van der Waals surface area contributed by atoms with Crippen molar-refractivity contribution in [2.75, 3.05) is 0 Å². The van der Waals surface area contributed by atoms with Gasteiger partial charge in [0.2, 0.25) is 0 Å². The van der Waals surface area contributed by atoms with Gasteiger partial charge in [0.25, 0.3) is 5.69 Å². The summed E-state index contributed by atoms with van der Waals surface area (Å²) in [5.41, 5.74) is 2.44. The molecule has 8 heteroatoms. The van der Waals surface area contributed by atoms with E-state index in [-0.39, 0.29) is 12.3 Å². The van der Waals surface area contributed by atoms with Crippen LogP contribution in [0.25, 0.3) is 10.8 Å². The fourth-order valence-corrected chi connectivity index (χ4v) is 4.32. The predicted octanol–water partition coefficient (Wildman–Crippen LogP) is 7.29. The van der Waals surface area contributed by atoms with Crippen LogP contribution in [0.5, 0.6) is 5.75 Å². The summed E-state index contributed by atoms with van der Waals surface area (Å²) < 4.78 is 6.71. The molecule has 0 bridgehead atoms. The topological polar surface area (TPSA) is 74.0 Å². The second kappa shape index (κ2) is 10.5. The maximum Gasteiger partial charge on any atom is 0.269 e. The van der Waals surface area contributed by atoms with E-state index in [1.54, 1.807) is 18.2 Å². The Morgan fingerprint density at radius 1 is 1.00 bits per heavy atom. The van der Waals surface area contributed by atoms with E-state index in [2.05, 4.69) is 39.3 Å². The molecule has 0 unspecified atom stereocenters. The SMILES string of the molecule is O=[N+]([O-])c1cccc(CO/N=C\c2cc(Cl)c(OCc3cccc4ccccc34)c(Br)c2)c1. The minimum atomic E-state index is -0.448. The van der Waals surface area contributed by atoms with E-state index < -0.39 is 4.92 Å². The Hall–Kier alpha value is -3.42. The normalized spacial score (nSPS) is 11.1. The summed E-state index contributed by atoms with van der Waals surface area (Å²) in [6.45, 7) is 0.485. The average Bonchev–Trinajstić information content (AvgIpc) is 2.81. The molecular formula is C25H18BrClN2O4. The first-order valence-corrected chi connectivity index (χ1v) is 11.2. The minimum absolute atomic E-state index is 0.00915. The molecule has 0 amide bonds. The van der Waals surface area contributed by atoms with Gasteiger partial charge in [0.1, 0.15) is 13.2 Å². The number of halogens is 2. The highest BCUT2D eigenvalue weighted by Gasteiger charge is 2.11. The molecule has 0 aliphatic carbocycles. The lowest BCUT2D eigenvalue weighted by Gasteiger charge is -2.12. The van der Waals surface area contributed by atoms with Crippen LogP contribution in [0.4, 0.5) is 5.69 Å². The van der Waals surface area contributed by atoms with Gasteiger partial charge in [0.15, 0.2) is 5.75 Å². The zero-order valence-electron chi connectivity index (χ0n) is 17.3. The van der Waals surface area contributed by atoms with Crippen molar-refractivity contribution in [2.45, 2.75) is 13.2 Å². The zero-order valence-corrected chi connectivity index (χ0v) is 19.6. The number of oxime groups is 1. The molecule has 0 aromatic heterocycles. The molecule has 0 saturated heterocycles. The molecule has 0 spiro atoms. The lowest BCUT2D eigenvalue weighted by atomic mass is 10.1. The molecule has 0 heterocycles. The molecule has 0 radical (unpaired) electrons. The van der Waals surface area contributed by atoms with E-state index in [9.17, 15) is 10.1 Å². The minimum Gasteiger partial charge on any atom is -0.486 e. The van der Waals surface area contributed by atoms with Gasteiger partial charge in [0.05, 0.1) is 20.6 Å². The van der Waals surface area contributed by atoms with Crippen LogP contribution in [0.1, 0.15) is 16.7 Å². The van der Waals surface area contributed by atoms with Gasteiger partial charge in [-0.1, -0.05) is 71.4 Å². The molecule has 33 heavy (non-hydrogen) atoms. The van der Waals surface area contributed by atoms with Crippen LogP contribution in [-0.4, -0.2) is 11.1 Å². The van der Waals surface area contributed by atoms with Crippen molar-refractivity contribution in [2.24, 2.45) is 5.16 Å². The first-order chi connectivity index (χ1) is 16.0. The van der Waals surface area contributed by atoms with E-state index in [1.807, 2.05) is 30.3 Å². The predicted molar refractivity (Wildman–Crippen MR) is 133 cm³/mol. The monoisotopic (exact) mass is 524 g/mol. The largest absolute Gasteiger partial charge is 0.486 e. The van der Waals surface area contributed by atoms with Crippen LogP contribution < -0.4 is 4.74 Å². The molecule has 6 nitrogen and oxygen atoms in total. The Kier molecular flexibility index (Phi) is 7.22. The Morgan fingerprint density at radius 3 is 2.61 bits per heavy atom. The summed E-state index contributed by atoms with van der Waals surface area (Å²) in [6.07, 6.45) is 1.52. The molecule has 4 aromatic rings. The number of nitro groups is 1. The Bertz CT molecular complexity index is 1310. The summed E-state index contributed by atoms with van der Waals surface area (Å²) >= 11 is 9.97. The molecule has 166 valence electrons. The maximum atomic E-state index is 10.9. The number of fused-ring (bicyclic) bond motifs is 1. The number of hydrogen-bond donors (Lipinski definition) is 0. The fourth-order valence-electron chi connectivity index (χ4n) is 3.33. The molecular weight excluding hydrogens is 508 g/mol. The van der Waals surface area contributed by atoms with Crippen molar-refractivity contribution < 1.29 is 14.5 Å². The number of ether oxygens (including phenoxy) is 1. The van der Waals surface area contributed by atoms with Crippen LogP contribution in [0, 0.1) is 10.1 Å². The zero-order chi connectivity index (χ0) is 23.2. The second-order valence-corrected chi connectivity index (χ2v) is 8.44. The van der Waals surface area contributed by atoms with Crippen LogP contribution in [0.3, 0.4) is 0 Å². The van der Waals surface area contributed by atoms with Crippen molar-refractivity contribution in [3.8, 4) is 5.75 Å². The molecule has 0 saturated carbocycles. The van der Waals surface area contributed by atoms with Crippen molar-refractivity contribution in [3.05, 3.63) is 115 Å². The van der Waals surface area contributed by atoms with Crippen molar-refractivity contribution in [1.29, 1.82) is 0 Å². The Morgan fingerprint density at radius 2 is 1.79 bits per heavy atom. The maximum absolute atomic E-state index is 10.9. The average molecular weight is 526 g/mol. The molecule has 0 fully saturated rings. The lowest BCUT2D eigenvalue weighted by Crippen LogP contribution is -1.98. The van der Waals surface area contributed by atoms with E-state index in [0.717, 1.165) is 16.3 Å². The number of nitrogens with zero attached hydrogens (tertiary/aromatic N) is 2. The van der Waals surface area contributed by atoms with Crippen LogP contribution >= 0.6 is 27.5 Å². The van der Waals surface area contributed by atoms with Gasteiger partial charge in [-0.05, 0) is 55.5 Å². The number of non-ortho nitro benzene ring substituents is 1. The highest BCUT2D eigenvalue weighted by molar-refractivity contribution is 9.10. The van der Waals surface area contributed by atoms with Gasteiger partial charge in [-0.15, -0.1) is 0 Å². The molecule has 4 aromatic carbocycles. The molecule has 0 N–H and O–H groups in total. The quantitative estimate of drug-likeness (QED) is 0.137. The fraction of sp³-hybridized carbons (Fsp3) is 0.0800. The third-order valence-electron chi connectivity index (χ3n) is 4.90. The van der Waals surface area contributed by atoms with E-state index >= 15 is 0 Å². The van der Waals surface area contributed by atoms with Gasteiger partial charge in [-0.3, -0.25) is 10.1 Å². The summed E-state index contributed by atoms with van der Waals surface area (Å²) in [6, 6.07) is 24.0. The molecule has 0 atom stereocenters. The number of rotatable bonds is 8. The van der Waals surface area contributed by atoms with Gasteiger partial charge in [-0.2, -0.15) is 0 Å². The van der Waals surface area contributed by atoms with Gasteiger partial charge in [0, 0.05) is 12.1 Å². The highest BCUT2D eigenvalue weighted by atomic mass is 79.9. The Balaban J connectivity index is 1.40. The summed E-state index contributed by atoms with van der Waals surface area (Å²) in [5, 5.41) is 17.5.